The Bertz CT molecular complexity index is 547. The van der Waals surface area contributed by atoms with Crippen molar-refractivity contribution in [3.63, 3.8) is 0 Å². The van der Waals surface area contributed by atoms with Crippen molar-refractivity contribution in [1.82, 2.24) is 4.90 Å². The van der Waals surface area contributed by atoms with Gasteiger partial charge in [0.2, 0.25) is 0 Å². The fourth-order valence-corrected chi connectivity index (χ4v) is 2.65. The van der Waals surface area contributed by atoms with Gasteiger partial charge in [0.15, 0.2) is 0 Å². The predicted octanol–water partition coefficient (Wildman–Crippen LogP) is 2.09. The molecule has 20 heavy (non-hydrogen) atoms. The van der Waals surface area contributed by atoms with E-state index in [0.29, 0.717) is 19.5 Å². The zero-order valence-corrected chi connectivity index (χ0v) is 11.7. The highest BCUT2D eigenvalue weighted by Gasteiger charge is 2.33. The zero-order chi connectivity index (χ0) is 14.9. The first kappa shape index (κ1) is 14.7. The number of halogens is 1. The fraction of sp³-hybridized carbons (Fsp3) is 0.462. The average Bonchev–Trinajstić information content (AvgIpc) is 2.86. The zero-order valence-electron chi connectivity index (χ0n) is 11.0. The summed E-state index contributed by atoms with van der Waals surface area (Å²) in [6.45, 7) is 2.57. The van der Waals surface area contributed by atoms with E-state index in [2.05, 4.69) is 0 Å². The Hall–Kier alpha value is -1.66. The molecular weight excluding hydrogens is 284 g/mol. The molecule has 1 fully saturated rings. The van der Waals surface area contributed by atoms with Crippen LogP contribution in [-0.4, -0.2) is 40.0 Å². The molecule has 1 aliphatic heterocycles. The molecule has 7 heteroatoms. The Morgan fingerprint density at radius 2 is 2.30 bits per heavy atom. The van der Waals surface area contributed by atoms with Crippen molar-refractivity contribution in [3.8, 4) is 0 Å². The summed E-state index contributed by atoms with van der Waals surface area (Å²) in [5.74, 6) is -0.403. The van der Waals surface area contributed by atoms with Crippen molar-refractivity contribution in [1.29, 1.82) is 0 Å². The van der Waals surface area contributed by atoms with Gasteiger partial charge in [-0.1, -0.05) is 17.7 Å². The van der Waals surface area contributed by atoms with Gasteiger partial charge in [0, 0.05) is 19.0 Å². The maximum atomic E-state index is 12.4. The number of rotatable bonds is 3. The van der Waals surface area contributed by atoms with Crippen molar-refractivity contribution in [2.75, 3.05) is 13.1 Å². The van der Waals surface area contributed by atoms with Crippen molar-refractivity contribution >= 4 is 23.2 Å². The Balaban J connectivity index is 2.27. The molecule has 1 saturated heterocycles. The first-order valence-electron chi connectivity index (χ1n) is 6.32. The summed E-state index contributed by atoms with van der Waals surface area (Å²) in [4.78, 5) is 24.3. The third kappa shape index (κ3) is 2.76. The highest BCUT2D eigenvalue weighted by Crippen LogP contribution is 2.30. The number of benzene rings is 1. The van der Waals surface area contributed by atoms with Gasteiger partial charge in [-0.25, -0.2) is 0 Å². The number of hydrogen-bond acceptors (Lipinski definition) is 4. The van der Waals surface area contributed by atoms with Crippen molar-refractivity contribution in [2.24, 2.45) is 5.92 Å². The molecule has 2 atom stereocenters. The highest BCUT2D eigenvalue weighted by molar-refractivity contribution is 6.33. The van der Waals surface area contributed by atoms with E-state index in [-0.39, 0.29) is 22.2 Å². The summed E-state index contributed by atoms with van der Waals surface area (Å²) in [7, 11) is 0. The number of nitro groups is 1. The van der Waals surface area contributed by atoms with Crippen LogP contribution in [0.4, 0.5) is 5.69 Å². The molecule has 0 spiro atoms. The molecule has 1 amide bonds. The highest BCUT2D eigenvalue weighted by atomic mass is 35.5. The average molecular weight is 299 g/mol. The number of carbonyl (C=O) groups excluding carboxylic acids is 1. The first-order valence-corrected chi connectivity index (χ1v) is 6.70. The summed E-state index contributed by atoms with van der Waals surface area (Å²) in [5.41, 5.74) is -0.367. The molecule has 0 saturated carbocycles. The predicted molar refractivity (Wildman–Crippen MR) is 73.8 cm³/mol. The molecule has 0 bridgehead atoms. The molecule has 108 valence electrons. The van der Waals surface area contributed by atoms with E-state index in [1.807, 2.05) is 0 Å². The Kier molecular flexibility index (Phi) is 4.25. The molecule has 2 rings (SSSR count). The third-order valence-corrected chi connectivity index (χ3v) is 3.90. The van der Waals surface area contributed by atoms with Gasteiger partial charge in [0.25, 0.3) is 5.91 Å². The largest absolute Gasteiger partial charge is 0.393 e. The lowest BCUT2D eigenvalue weighted by Crippen LogP contribution is -2.30. The van der Waals surface area contributed by atoms with Gasteiger partial charge in [-0.3, -0.25) is 14.9 Å². The molecule has 0 aliphatic carbocycles. The van der Waals surface area contributed by atoms with Gasteiger partial charge in [-0.15, -0.1) is 0 Å². The molecule has 1 heterocycles. The summed E-state index contributed by atoms with van der Waals surface area (Å²) >= 11 is 5.80. The molecule has 1 aliphatic rings. The molecule has 1 aromatic rings. The normalized spacial score (nSPS) is 19.9. The number of para-hydroxylation sites is 1. The Morgan fingerprint density at radius 3 is 2.85 bits per heavy atom. The van der Waals surface area contributed by atoms with Crippen LogP contribution in [0.1, 0.15) is 23.7 Å². The minimum absolute atomic E-state index is 0.00579. The van der Waals surface area contributed by atoms with Gasteiger partial charge < -0.3 is 10.0 Å². The summed E-state index contributed by atoms with van der Waals surface area (Å²) in [5, 5.41) is 20.5. The van der Waals surface area contributed by atoms with Crippen molar-refractivity contribution in [3.05, 3.63) is 38.9 Å². The van der Waals surface area contributed by atoms with Crippen LogP contribution >= 0.6 is 11.6 Å². The van der Waals surface area contributed by atoms with E-state index in [9.17, 15) is 20.0 Å². The van der Waals surface area contributed by atoms with E-state index < -0.39 is 16.9 Å². The van der Waals surface area contributed by atoms with Crippen LogP contribution in [0.2, 0.25) is 5.02 Å². The quantitative estimate of drug-likeness (QED) is 0.684. The molecule has 2 unspecified atom stereocenters. The van der Waals surface area contributed by atoms with E-state index in [1.165, 1.54) is 23.1 Å². The summed E-state index contributed by atoms with van der Waals surface area (Å²) < 4.78 is 0. The van der Waals surface area contributed by atoms with Crippen LogP contribution < -0.4 is 0 Å². The Labute approximate surface area is 121 Å². The number of nitro benzene ring substituents is 1. The van der Waals surface area contributed by atoms with Crippen LogP contribution in [-0.2, 0) is 0 Å². The molecule has 6 nitrogen and oxygen atoms in total. The lowest BCUT2D eigenvalue weighted by Gasteiger charge is -2.17. The summed E-state index contributed by atoms with van der Waals surface area (Å²) in [6.07, 6.45) is 0.194. The minimum Gasteiger partial charge on any atom is -0.393 e. The monoisotopic (exact) mass is 298 g/mol. The maximum Gasteiger partial charge on any atom is 0.300 e. The van der Waals surface area contributed by atoms with Crippen molar-refractivity contribution in [2.45, 2.75) is 19.4 Å². The summed E-state index contributed by atoms with van der Waals surface area (Å²) in [6, 6.07) is 4.31. The van der Waals surface area contributed by atoms with E-state index in [0.717, 1.165) is 0 Å². The van der Waals surface area contributed by atoms with Gasteiger partial charge in [0.1, 0.15) is 10.6 Å². The first-order chi connectivity index (χ1) is 9.41. The van der Waals surface area contributed by atoms with Gasteiger partial charge in [-0.05, 0) is 25.5 Å². The van der Waals surface area contributed by atoms with Crippen LogP contribution in [0.15, 0.2) is 18.2 Å². The van der Waals surface area contributed by atoms with Crippen LogP contribution in [0, 0.1) is 16.0 Å². The van der Waals surface area contributed by atoms with E-state index >= 15 is 0 Å². The van der Waals surface area contributed by atoms with Crippen LogP contribution in [0.25, 0.3) is 0 Å². The smallest absolute Gasteiger partial charge is 0.300 e. The number of aliphatic hydroxyl groups excluding tert-OH is 1. The lowest BCUT2D eigenvalue weighted by atomic mass is 10.0. The Morgan fingerprint density at radius 1 is 1.60 bits per heavy atom. The number of amides is 1. The van der Waals surface area contributed by atoms with Gasteiger partial charge in [-0.2, -0.15) is 0 Å². The molecule has 0 radical (unpaired) electrons. The standard InChI is InChI=1S/C13H15ClN2O4/c1-8(17)9-5-6-15(7-9)13(18)10-3-2-4-11(14)12(10)16(19)20/h2-4,8-9,17H,5-7H2,1H3. The van der Waals surface area contributed by atoms with Gasteiger partial charge >= 0.3 is 5.69 Å². The maximum absolute atomic E-state index is 12.4. The molecule has 0 aromatic heterocycles. The third-order valence-electron chi connectivity index (χ3n) is 3.59. The second kappa shape index (κ2) is 5.76. The minimum atomic E-state index is -0.641. The van der Waals surface area contributed by atoms with E-state index in [4.69, 9.17) is 11.6 Å². The number of aliphatic hydroxyl groups is 1. The molecule has 1 aromatic carbocycles. The molecular formula is C13H15ClN2O4. The lowest BCUT2D eigenvalue weighted by molar-refractivity contribution is -0.385. The number of likely N-dealkylation sites (tertiary alicyclic amines) is 1. The molecule has 1 N–H and O–H groups in total. The number of nitrogens with zero attached hydrogens (tertiary/aromatic N) is 2. The SMILES string of the molecule is CC(O)C1CCN(C(=O)c2cccc(Cl)c2[N+](=O)[O-])C1. The fourth-order valence-electron chi connectivity index (χ4n) is 2.41. The number of hydrogen-bond donors (Lipinski definition) is 1. The van der Waals surface area contributed by atoms with Crippen LogP contribution in [0.5, 0.6) is 0 Å². The topological polar surface area (TPSA) is 83.7 Å². The second-order valence-electron chi connectivity index (χ2n) is 4.93. The van der Waals surface area contributed by atoms with Crippen molar-refractivity contribution < 1.29 is 14.8 Å². The van der Waals surface area contributed by atoms with Crippen LogP contribution in [0.3, 0.4) is 0 Å². The van der Waals surface area contributed by atoms with E-state index in [1.54, 1.807) is 6.92 Å². The van der Waals surface area contributed by atoms with Gasteiger partial charge in [0.05, 0.1) is 11.0 Å². The number of carbonyl (C=O) groups is 1. The second-order valence-corrected chi connectivity index (χ2v) is 5.34.